The van der Waals surface area contributed by atoms with Crippen LogP contribution in [0.15, 0.2) is 42.9 Å². The van der Waals surface area contributed by atoms with Crippen molar-refractivity contribution in [1.29, 1.82) is 0 Å². The highest BCUT2D eigenvalue weighted by Gasteiger charge is 2.22. The Bertz CT molecular complexity index is 1080. The smallest absolute Gasteiger partial charge is 0.270 e. The summed E-state index contributed by atoms with van der Waals surface area (Å²) in [7, 11) is 1.83. The third-order valence-corrected chi connectivity index (χ3v) is 3.87. The maximum absolute atomic E-state index is 12.6. The number of carbonyl (C=O) groups is 1. The molecule has 0 spiro atoms. The average molecular weight is 328 g/mol. The molecule has 8 heteroatoms. The zero-order valence-electron chi connectivity index (χ0n) is 12.0. The van der Waals surface area contributed by atoms with E-state index in [0.29, 0.717) is 26.5 Å². The number of nitrogens with zero attached hydrogens (tertiary/aromatic N) is 5. The second kappa shape index (κ2) is 4.79. The normalized spacial score (nSPS) is 11.4. The number of carbonyl (C=O) groups excluding carboxylic acids is 1. The van der Waals surface area contributed by atoms with E-state index in [2.05, 4.69) is 10.2 Å². The van der Waals surface area contributed by atoms with Crippen LogP contribution in [0.1, 0.15) is 15.9 Å². The van der Waals surface area contributed by atoms with E-state index in [1.807, 2.05) is 7.05 Å². The molecule has 0 aliphatic rings. The Balaban J connectivity index is 1.99. The zero-order valence-corrected chi connectivity index (χ0v) is 12.7. The molecule has 1 aromatic carbocycles. The number of aromatic nitrogens is 5. The van der Waals surface area contributed by atoms with Gasteiger partial charge >= 0.3 is 0 Å². The molecule has 0 radical (unpaired) electrons. The fourth-order valence-corrected chi connectivity index (χ4v) is 2.70. The number of fused-ring (bicyclic) bond motifs is 3. The molecule has 0 unspecified atom stereocenters. The first-order chi connectivity index (χ1) is 11.0. The van der Waals surface area contributed by atoms with Crippen LogP contribution in [0.25, 0.3) is 16.7 Å². The zero-order chi connectivity index (χ0) is 16.1. The van der Waals surface area contributed by atoms with E-state index in [0.717, 1.165) is 0 Å². The summed E-state index contributed by atoms with van der Waals surface area (Å²) in [5.74, 6) is -0.241. The van der Waals surface area contributed by atoms with E-state index in [9.17, 15) is 10.0 Å². The van der Waals surface area contributed by atoms with Gasteiger partial charge in [0, 0.05) is 41.2 Å². The van der Waals surface area contributed by atoms with Crippen LogP contribution in [0.5, 0.6) is 0 Å². The van der Waals surface area contributed by atoms with Gasteiger partial charge in [0.25, 0.3) is 5.52 Å². The van der Waals surface area contributed by atoms with Crippen LogP contribution in [-0.2, 0) is 7.05 Å². The molecule has 0 N–H and O–H groups in total. The summed E-state index contributed by atoms with van der Waals surface area (Å²) in [5.41, 5.74) is 1.78. The standard InChI is InChI=1S/C15H10ClN5O2/c1-19-5-4-9(8-19)14(22)11-7-17-20-13-6-10(16)2-3-12(13)21(23)18-15(11)20/h2-8H,1H3. The van der Waals surface area contributed by atoms with Crippen molar-refractivity contribution in [2.75, 3.05) is 0 Å². The predicted molar refractivity (Wildman–Crippen MR) is 83.3 cm³/mol. The summed E-state index contributed by atoms with van der Waals surface area (Å²) in [6, 6.07) is 6.49. The highest BCUT2D eigenvalue weighted by Crippen LogP contribution is 2.20. The predicted octanol–water partition coefficient (Wildman–Crippen LogP) is 1.74. The molecule has 4 rings (SSSR count). The first-order valence-electron chi connectivity index (χ1n) is 6.78. The van der Waals surface area contributed by atoms with Gasteiger partial charge in [0.05, 0.1) is 11.8 Å². The lowest BCUT2D eigenvalue weighted by Crippen LogP contribution is -2.33. The lowest BCUT2D eigenvalue weighted by atomic mass is 10.1. The molecule has 0 saturated heterocycles. The number of benzene rings is 1. The molecule has 0 fully saturated rings. The van der Waals surface area contributed by atoms with Gasteiger partial charge in [-0.25, -0.2) is 4.52 Å². The minimum atomic E-state index is -0.241. The molecule has 7 nitrogen and oxygen atoms in total. The first-order valence-corrected chi connectivity index (χ1v) is 7.16. The molecular weight excluding hydrogens is 318 g/mol. The van der Waals surface area contributed by atoms with Crippen LogP contribution in [0.2, 0.25) is 5.02 Å². The van der Waals surface area contributed by atoms with Gasteiger partial charge in [-0.2, -0.15) is 5.10 Å². The topological polar surface area (TPSA) is 79.1 Å². The molecule has 0 amide bonds. The van der Waals surface area contributed by atoms with E-state index in [-0.39, 0.29) is 17.0 Å². The van der Waals surface area contributed by atoms with E-state index >= 15 is 0 Å². The number of hydrogen-bond acceptors (Lipinski definition) is 4. The van der Waals surface area contributed by atoms with Gasteiger partial charge in [0.15, 0.2) is 5.78 Å². The lowest BCUT2D eigenvalue weighted by molar-refractivity contribution is -0.640. The van der Waals surface area contributed by atoms with Crippen LogP contribution >= 0.6 is 11.6 Å². The molecule has 0 atom stereocenters. The third kappa shape index (κ3) is 2.05. The number of aryl methyl sites for hydroxylation is 1. The molecule has 0 aliphatic heterocycles. The van der Waals surface area contributed by atoms with Crippen molar-refractivity contribution in [3.05, 3.63) is 64.2 Å². The molecule has 0 aliphatic carbocycles. The summed E-state index contributed by atoms with van der Waals surface area (Å²) in [5, 5.41) is 20.7. The Morgan fingerprint density at radius 1 is 1.35 bits per heavy atom. The highest BCUT2D eigenvalue weighted by molar-refractivity contribution is 6.31. The summed E-state index contributed by atoms with van der Waals surface area (Å²) >= 11 is 6.00. The molecule has 4 aromatic rings. The summed E-state index contributed by atoms with van der Waals surface area (Å²) in [4.78, 5) is 13.1. The van der Waals surface area contributed by atoms with Gasteiger partial charge < -0.3 is 9.77 Å². The Morgan fingerprint density at radius 3 is 2.91 bits per heavy atom. The van der Waals surface area contributed by atoms with Crippen molar-refractivity contribution >= 4 is 34.1 Å². The van der Waals surface area contributed by atoms with Crippen LogP contribution in [0, 0.1) is 5.21 Å². The van der Waals surface area contributed by atoms with Crippen molar-refractivity contribution in [2.24, 2.45) is 7.05 Å². The SMILES string of the molecule is Cn1ccc(C(=O)c2cnn3c2n[n+]([O-])c2ccc(Cl)cc23)c1. The quantitative estimate of drug-likeness (QED) is 0.319. The van der Waals surface area contributed by atoms with E-state index in [1.54, 1.807) is 41.2 Å². The highest BCUT2D eigenvalue weighted by atomic mass is 35.5. The maximum Gasteiger partial charge on any atom is 0.270 e. The van der Waals surface area contributed by atoms with Crippen molar-refractivity contribution in [3.8, 4) is 0 Å². The Hall–Kier alpha value is -2.93. The average Bonchev–Trinajstić information content (AvgIpc) is 3.13. The maximum atomic E-state index is 12.6. The number of ketones is 1. The van der Waals surface area contributed by atoms with Crippen molar-refractivity contribution in [2.45, 2.75) is 0 Å². The third-order valence-electron chi connectivity index (χ3n) is 3.64. The van der Waals surface area contributed by atoms with E-state index < -0.39 is 0 Å². The number of halogens is 1. The van der Waals surface area contributed by atoms with Crippen LogP contribution in [-0.4, -0.2) is 25.1 Å². The molecule has 0 bridgehead atoms. The molecule has 114 valence electrons. The van der Waals surface area contributed by atoms with E-state index in [1.165, 1.54) is 10.7 Å². The van der Waals surface area contributed by atoms with Crippen LogP contribution < -0.4 is 4.85 Å². The van der Waals surface area contributed by atoms with Gasteiger partial charge in [-0.1, -0.05) is 11.6 Å². The molecule has 3 aromatic heterocycles. The lowest BCUT2D eigenvalue weighted by Gasteiger charge is -2.02. The second-order valence-corrected chi connectivity index (χ2v) is 5.63. The summed E-state index contributed by atoms with van der Waals surface area (Å²) in [6.45, 7) is 0. The van der Waals surface area contributed by atoms with Gasteiger partial charge in [-0.05, 0) is 23.0 Å². The molecule has 23 heavy (non-hydrogen) atoms. The Morgan fingerprint density at radius 2 is 2.17 bits per heavy atom. The minimum Gasteiger partial charge on any atom is -0.594 e. The second-order valence-electron chi connectivity index (χ2n) is 5.19. The van der Waals surface area contributed by atoms with Crippen molar-refractivity contribution in [1.82, 2.24) is 19.3 Å². The summed E-state index contributed by atoms with van der Waals surface area (Å²) in [6.07, 6.45) is 4.89. The monoisotopic (exact) mass is 327 g/mol. The largest absolute Gasteiger partial charge is 0.594 e. The van der Waals surface area contributed by atoms with Crippen molar-refractivity contribution < 1.29 is 9.64 Å². The van der Waals surface area contributed by atoms with Gasteiger partial charge in [-0.15, -0.1) is 0 Å². The fraction of sp³-hybridized carbons (Fsp3) is 0.0667. The van der Waals surface area contributed by atoms with Crippen LogP contribution in [0.4, 0.5) is 0 Å². The van der Waals surface area contributed by atoms with Gasteiger partial charge in [0.2, 0.25) is 5.65 Å². The Labute approximate surface area is 134 Å². The Kier molecular flexibility index (Phi) is 2.85. The van der Waals surface area contributed by atoms with Crippen LogP contribution in [0.3, 0.4) is 0 Å². The number of hydrogen-bond donors (Lipinski definition) is 0. The number of rotatable bonds is 2. The van der Waals surface area contributed by atoms with Gasteiger partial charge in [-0.3, -0.25) is 4.79 Å². The molecular formula is C15H10ClN5O2. The molecule has 3 heterocycles. The first kappa shape index (κ1) is 13.7. The van der Waals surface area contributed by atoms with Crippen molar-refractivity contribution in [3.63, 3.8) is 0 Å². The molecule has 0 saturated carbocycles. The van der Waals surface area contributed by atoms with Gasteiger partial charge in [0.1, 0.15) is 5.52 Å². The minimum absolute atomic E-state index is 0.198. The fourth-order valence-electron chi connectivity index (χ4n) is 2.54. The summed E-state index contributed by atoms with van der Waals surface area (Å²) < 4.78 is 3.22. The van der Waals surface area contributed by atoms with E-state index in [4.69, 9.17) is 11.6 Å².